The van der Waals surface area contributed by atoms with Crippen molar-refractivity contribution in [1.82, 2.24) is 15.1 Å². The minimum atomic E-state index is -0.882. The van der Waals surface area contributed by atoms with Gasteiger partial charge in [-0.05, 0) is 47.2 Å². The first-order valence-electron chi connectivity index (χ1n) is 7.26. The highest BCUT2D eigenvalue weighted by atomic mass is 16.4. The van der Waals surface area contributed by atoms with Crippen molar-refractivity contribution in [1.29, 1.82) is 0 Å². The molecule has 1 rings (SSSR count). The van der Waals surface area contributed by atoms with Crippen LogP contribution in [0.3, 0.4) is 0 Å². The van der Waals surface area contributed by atoms with Crippen LogP contribution in [0.25, 0.3) is 0 Å². The third-order valence-electron chi connectivity index (χ3n) is 4.41. The molecule has 0 aliphatic heterocycles. The molecule has 0 spiro atoms. The number of amides is 2. The van der Waals surface area contributed by atoms with Crippen LogP contribution in [-0.4, -0.2) is 65.7 Å². The number of carboxylic acids is 1. The van der Waals surface area contributed by atoms with E-state index in [0.717, 1.165) is 12.8 Å². The van der Waals surface area contributed by atoms with E-state index in [1.807, 2.05) is 21.0 Å². The number of hydrogen-bond donors (Lipinski definition) is 2. The summed E-state index contributed by atoms with van der Waals surface area (Å²) in [5.41, 5.74) is 0.0745. The van der Waals surface area contributed by atoms with Gasteiger partial charge in [-0.1, -0.05) is 0 Å². The van der Waals surface area contributed by atoms with Crippen molar-refractivity contribution in [2.75, 3.05) is 27.2 Å². The monoisotopic (exact) mass is 285 g/mol. The van der Waals surface area contributed by atoms with E-state index in [1.165, 1.54) is 6.42 Å². The number of carbonyl (C=O) groups is 2. The molecule has 1 saturated carbocycles. The predicted octanol–water partition coefficient (Wildman–Crippen LogP) is 1.37. The first-order chi connectivity index (χ1) is 9.32. The molecule has 1 unspecified atom stereocenters. The van der Waals surface area contributed by atoms with Gasteiger partial charge >= 0.3 is 12.0 Å². The number of hydrogen-bond acceptors (Lipinski definition) is 3. The minimum Gasteiger partial charge on any atom is -0.481 e. The number of aliphatic carboxylic acids is 1. The van der Waals surface area contributed by atoms with Crippen LogP contribution in [0, 0.1) is 0 Å². The Morgan fingerprint density at radius 1 is 1.35 bits per heavy atom. The Morgan fingerprint density at radius 3 is 2.30 bits per heavy atom. The molecule has 6 heteroatoms. The molecule has 0 radical (unpaired) electrons. The second-order valence-corrected chi connectivity index (χ2v) is 5.86. The number of nitrogens with one attached hydrogen (secondary N) is 1. The molecule has 6 nitrogen and oxygen atoms in total. The first kappa shape index (κ1) is 16.8. The van der Waals surface area contributed by atoms with Gasteiger partial charge in [-0.15, -0.1) is 0 Å². The number of carbonyl (C=O) groups excluding carboxylic acids is 1. The Morgan fingerprint density at radius 2 is 1.95 bits per heavy atom. The van der Waals surface area contributed by atoms with E-state index >= 15 is 0 Å². The molecule has 0 aromatic rings. The lowest BCUT2D eigenvalue weighted by molar-refractivity contribution is -0.138. The molecule has 1 aliphatic rings. The van der Waals surface area contributed by atoms with Crippen LogP contribution in [0.15, 0.2) is 0 Å². The fraction of sp³-hybridized carbons (Fsp3) is 0.857. The molecule has 1 atom stereocenters. The van der Waals surface area contributed by atoms with Gasteiger partial charge in [-0.2, -0.15) is 0 Å². The van der Waals surface area contributed by atoms with E-state index in [2.05, 4.69) is 10.2 Å². The molecule has 2 amide bonds. The van der Waals surface area contributed by atoms with E-state index in [0.29, 0.717) is 13.1 Å². The summed E-state index contributed by atoms with van der Waals surface area (Å²) >= 11 is 0. The fourth-order valence-corrected chi connectivity index (χ4v) is 2.73. The van der Waals surface area contributed by atoms with Gasteiger partial charge in [0.05, 0.1) is 6.42 Å². The van der Waals surface area contributed by atoms with Crippen molar-refractivity contribution in [3.05, 3.63) is 0 Å². The number of nitrogens with zero attached hydrogens (tertiary/aromatic N) is 2. The van der Waals surface area contributed by atoms with E-state index in [4.69, 9.17) is 5.11 Å². The maximum atomic E-state index is 12.2. The fourth-order valence-electron chi connectivity index (χ4n) is 2.73. The lowest BCUT2D eigenvalue weighted by atomic mass is 9.75. The number of likely N-dealkylation sites (N-methyl/N-ethyl adjacent to an activating group) is 1. The highest BCUT2D eigenvalue weighted by Crippen LogP contribution is 2.35. The summed E-state index contributed by atoms with van der Waals surface area (Å²) in [4.78, 5) is 26.7. The van der Waals surface area contributed by atoms with Crippen molar-refractivity contribution in [2.45, 2.75) is 51.1 Å². The maximum absolute atomic E-state index is 12.2. The standard InChI is InChI=1S/C14H27N3O3/c1-5-17(11(2)9-12(18)19)13(20)15-10-14(16(3)4)7-6-8-14/h11H,5-10H2,1-4H3,(H,15,20)(H,18,19). The second-order valence-electron chi connectivity index (χ2n) is 5.86. The Labute approximate surface area is 121 Å². The van der Waals surface area contributed by atoms with E-state index in [9.17, 15) is 9.59 Å². The van der Waals surface area contributed by atoms with Crippen molar-refractivity contribution < 1.29 is 14.7 Å². The molecule has 20 heavy (non-hydrogen) atoms. The van der Waals surface area contributed by atoms with Gasteiger partial charge in [-0.25, -0.2) is 4.79 Å². The number of carboxylic acid groups (broad SMARTS) is 1. The molecule has 0 aromatic carbocycles. The molecular formula is C14H27N3O3. The van der Waals surface area contributed by atoms with Crippen LogP contribution < -0.4 is 5.32 Å². The van der Waals surface area contributed by atoms with Gasteiger partial charge in [0.2, 0.25) is 0 Å². The van der Waals surface area contributed by atoms with Crippen molar-refractivity contribution in [2.24, 2.45) is 0 Å². The van der Waals surface area contributed by atoms with Crippen LogP contribution in [0.1, 0.15) is 39.5 Å². The lowest BCUT2D eigenvalue weighted by Gasteiger charge is -2.47. The van der Waals surface area contributed by atoms with Gasteiger partial charge in [0.1, 0.15) is 0 Å². The molecule has 1 aliphatic carbocycles. The quantitative estimate of drug-likeness (QED) is 0.741. The number of urea groups is 1. The van der Waals surface area contributed by atoms with Crippen molar-refractivity contribution in [3.63, 3.8) is 0 Å². The van der Waals surface area contributed by atoms with Crippen LogP contribution in [0.5, 0.6) is 0 Å². The zero-order chi connectivity index (χ0) is 15.3. The van der Waals surface area contributed by atoms with E-state index < -0.39 is 5.97 Å². The van der Waals surface area contributed by atoms with Gasteiger partial charge in [0.25, 0.3) is 0 Å². The first-order valence-corrected chi connectivity index (χ1v) is 7.26. The summed E-state index contributed by atoms with van der Waals surface area (Å²) in [7, 11) is 4.08. The summed E-state index contributed by atoms with van der Waals surface area (Å²) in [5.74, 6) is -0.882. The average molecular weight is 285 g/mol. The molecule has 0 aromatic heterocycles. The molecule has 0 heterocycles. The molecule has 0 saturated heterocycles. The van der Waals surface area contributed by atoms with Crippen LogP contribution >= 0.6 is 0 Å². The SMILES string of the molecule is CCN(C(=O)NCC1(N(C)C)CCC1)C(C)CC(=O)O. The molecular weight excluding hydrogens is 258 g/mol. The highest BCUT2D eigenvalue weighted by molar-refractivity contribution is 5.76. The predicted molar refractivity (Wildman–Crippen MR) is 77.8 cm³/mol. The van der Waals surface area contributed by atoms with Gasteiger partial charge < -0.3 is 20.2 Å². The van der Waals surface area contributed by atoms with Gasteiger partial charge in [-0.3, -0.25) is 4.79 Å². The minimum absolute atomic E-state index is 0.0277. The van der Waals surface area contributed by atoms with Gasteiger partial charge in [0, 0.05) is 24.7 Å². The molecule has 116 valence electrons. The Kier molecular flexibility index (Phi) is 5.80. The van der Waals surface area contributed by atoms with Gasteiger partial charge in [0.15, 0.2) is 0 Å². The Balaban J connectivity index is 2.53. The van der Waals surface area contributed by atoms with Crippen LogP contribution in [-0.2, 0) is 4.79 Å². The Hall–Kier alpha value is -1.30. The normalized spacial score (nSPS) is 18.2. The maximum Gasteiger partial charge on any atom is 0.317 e. The smallest absolute Gasteiger partial charge is 0.317 e. The zero-order valence-electron chi connectivity index (χ0n) is 13.0. The summed E-state index contributed by atoms with van der Waals surface area (Å²) in [6, 6.07) is -0.469. The van der Waals surface area contributed by atoms with E-state index in [1.54, 1.807) is 11.8 Å². The summed E-state index contributed by atoms with van der Waals surface area (Å²) in [6.45, 7) is 4.76. The molecule has 1 fully saturated rings. The topological polar surface area (TPSA) is 72.9 Å². The van der Waals surface area contributed by atoms with Crippen molar-refractivity contribution >= 4 is 12.0 Å². The average Bonchev–Trinajstić information content (AvgIpc) is 2.26. The molecule has 0 bridgehead atoms. The largest absolute Gasteiger partial charge is 0.481 e. The third kappa shape index (κ3) is 3.85. The Bertz CT molecular complexity index is 354. The molecule has 2 N–H and O–H groups in total. The van der Waals surface area contributed by atoms with Crippen molar-refractivity contribution in [3.8, 4) is 0 Å². The highest BCUT2D eigenvalue weighted by Gasteiger charge is 2.39. The zero-order valence-corrected chi connectivity index (χ0v) is 13.0. The third-order valence-corrected chi connectivity index (χ3v) is 4.41. The second kappa shape index (κ2) is 6.92. The lowest BCUT2D eigenvalue weighted by Crippen LogP contribution is -2.59. The number of rotatable bonds is 7. The van der Waals surface area contributed by atoms with E-state index in [-0.39, 0.29) is 24.0 Å². The summed E-state index contributed by atoms with van der Waals surface area (Å²) in [5, 5.41) is 11.8. The summed E-state index contributed by atoms with van der Waals surface area (Å²) < 4.78 is 0. The summed E-state index contributed by atoms with van der Waals surface area (Å²) in [6.07, 6.45) is 3.36. The van der Waals surface area contributed by atoms with Crippen LogP contribution in [0.4, 0.5) is 4.79 Å². The van der Waals surface area contributed by atoms with Crippen LogP contribution in [0.2, 0.25) is 0 Å².